The number of para-hydroxylation sites is 1. The molecule has 9 heteroatoms. The Balaban J connectivity index is 1.35. The van der Waals surface area contributed by atoms with Gasteiger partial charge in [-0.1, -0.05) is 39.0 Å². The molecule has 2 aliphatic rings. The van der Waals surface area contributed by atoms with Crippen molar-refractivity contribution in [3.05, 3.63) is 35.6 Å². The molecule has 33 heavy (non-hydrogen) atoms. The molecule has 0 unspecified atom stereocenters. The number of hydrogen-bond donors (Lipinski definition) is 3. The molecule has 1 aliphatic carbocycles. The lowest BCUT2D eigenvalue weighted by Gasteiger charge is -2.40. The number of hydrazine groups is 1. The van der Waals surface area contributed by atoms with E-state index in [9.17, 15) is 19.2 Å². The summed E-state index contributed by atoms with van der Waals surface area (Å²) in [6, 6.07) is 6.65. The monoisotopic (exact) mass is 454 g/mol. The van der Waals surface area contributed by atoms with Crippen molar-refractivity contribution in [1.29, 1.82) is 0 Å². The Hall–Kier alpha value is -3.36. The highest BCUT2D eigenvalue weighted by molar-refractivity contribution is 6.09. The Labute approximate surface area is 192 Å². The van der Waals surface area contributed by atoms with Crippen LogP contribution in [0.3, 0.4) is 0 Å². The number of nitrogens with one attached hydrogen (secondary N) is 3. The minimum atomic E-state index is -0.937. The fourth-order valence-corrected chi connectivity index (χ4v) is 4.89. The van der Waals surface area contributed by atoms with Gasteiger partial charge in [0, 0.05) is 10.9 Å². The van der Waals surface area contributed by atoms with Crippen molar-refractivity contribution in [3.63, 3.8) is 0 Å². The third-order valence-corrected chi connectivity index (χ3v) is 6.98. The number of aryl methyl sites for hydroxylation is 1. The van der Waals surface area contributed by atoms with Crippen LogP contribution in [0.15, 0.2) is 28.7 Å². The number of nitrogens with zero attached hydrogens (tertiary/aromatic N) is 1. The van der Waals surface area contributed by atoms with E-state index in [4.69, 9.17) is 4.42 Å². The maximum absolute atomic E-state index is 13.0. The third kappa shape index (κ3) is 4.19. The Kier molecular flexibility index (Phi) is 5.67. The number of hydrogen-bond acceptors (Lipinski definition) is 5. The molecule has 0 bridgehead atoms. The first kappa shape index (κ1) is 22.8. The van der Waals surface area contributed by atoms with Crippen LogP contribution in [0.2, 0.25) is 0 Å². The fourth-order valence-electron chi connectivity index (χ4n) is 4.89. The maximum atomic E-state index is 13.0. The quantitative estimate of drug-likeness (QED) is 0.486. The van der Waals surface area contributed by atoms with Gasteiger partial charge in [-0.2, -0.15) is 0 Å². The SMILES string of the molecule is Cc1c(C(=O)NNC(=O)CN2C(=O)NC3(CCC(C(C)(C)C)CC3)C2=O)oc2ccccc12. The van der Waals surface area contributed by atoms with E-state index in [1.54, 1.807) is 19.1 Å². The molecular formula is C24H30N4O5. The molecule has 1 aromatic heterocycles. The molecule has 1 aliphatic heterocycles. The second-order valence-electron chi connectivity index (χ2n) is 10.1. The van der Waals surface area contributed by atoms with Gasteiger partial charge in [-0.15, -0.1) is 0 Å². The summed E-state index contributed by atoms with van der Waals surface area (Å²) in [7, 11) is 0. The smallest absolute Gasteiger partial charge is 0.325 e. The molecule has 1 saturated heterocycles. The molecule has 2 aromatic rings. The molecule has 2 fully saturated rings. The first-order chi connectivity index (χ1) is 15.5. The van der Waals surface area contributed by atoms with E-state index in [1.165, 1.54) is 0 Å². The van der Waals surface area contributed by atoms with Crippen molar-refractivity contribution >= 4 is 34.7 Å². The number of furan rings is 1. The fraction of sp³-hybridized carbons (Fsp3) is 0.500. The summed E-state index contributed by atoms with van der Waals surface area (Å²) in [5, 5.41) is 3.62. The van der Waals surface area contributed by atoms with Crippen LogP contribution >= 0.6 is 0 Å². The van der Waals surface area contributed by atoms with Crippen molar-refractivity contribution in [2.45, 2.75) is 58.9 Å². The predicted octanol–water partition coefficient (Wildman–Crippen LogP) is 3.03. The van der Waals surface area contributed by atoms with Gasteiger partial charge < -0.3 is 9.73 Å². The largest absolute Gasteiger partial charge is 0.451 e. The number of carbonyl (C=O) groups excluding carboxylic acids is 4. The molecule has 5 amide bonds. The standard InChI is InChI=1S/C24H30N4O5/c1-14-16-7-5-6-8-17(16)33-19(14)20(30)27-26-18(29)13-28-21(31)24(25-22(28)32)11-9-15(10-12-24)23(2,3)4/h5-8,15H,9-13H2,1-4H3,(H,25,32)(H,26,29)(H,27,30). The number of imide groups is 1. The lowest BCUT2D eigenvalue weighted by molar-refractivity contribution is -0.136. The first-order valence-corrected chi connectivity index (χ1v) is 11.2. The van der Waals surface area contributed by atoms with E-state index in [1.807, 2.05) is 12.1 Å². The molecule has 1 spiro atoms. The number of fused-ring (bicyclic) bond motifs is 1. The second-order valence-corrected chi connectivity index (χ2v) is 10.1. The third-order valence-electron chi connectivity index (χ3n) is 6.98. The van der Waals surface area contributed by atoms with E-state index in [-0.39, 0.29) is 17.1 Å². The van der Waals surface area contributed by atoms with Crippen molar-refractivity contribution in [2.75, 3.05) is 6.54 Å². The van der Waals surface area contributed by atoms with E-state index < -0.39 is 29.9 Å². The highest BCUT2D eigenvalue weighted by Gasteiger charge is 2.53. The Morgan fingerprint density at radius 3 is 2.45 bits per heavy atom. The molecule has 9 nitrogen and oxygen atoms in total. The van der Waals surface area contributed by atoms with Crippen LogP contribution in [-0.2, 0) is 9.59 Å². The van der Waals surface area contributed by atoms with E-state index in [0.717, 1.165) is 23.1 Å². The average molecular weight is 455 g/mol. The lowest BCUT2D eigenvalue weighted by Crippen LogP contribution is -2.51. The second kappa shape index (κ2) is 8.20. The Morgan fingerprint density at radius 2 is 1.82 bits per heavy atom. The van der Waals surface area contributed by atoms with Gasteiger partial charge in [0.1, 0.15) is 17.7 Å². The van der Waals surface area contributed by atoms with Gasteiger partial charge in [0.25, 0.3) is 11.8 Å². The number of amides is 5. The highest BCUT2D eigenvalue weighted by atomic mass is 16.3. The number of benzene rings is 1. The van der Waals surface area contributed by atoms with E-state index >= 15 is 0 Å². The average Bonchev–Trinajstić information content (AvgIpc) is 3.21. The zero-order valence-electron chi connectivity index (χ0n) is 19.4. The molecule has 3 N–H and O–H groups in total. The van der Waals surface area contributed by atoms with Crippen LogP contribution in [0.25, 0.3) is 11.0 Å². The molecule has 0 atom stereocenters. The molecule has 1 aromatic carbocycles. The molecule has 176 valence electrons. The van der Waals surface area contributed by atoms with Gasteiger partial charge in [-0.05, 0) is 50.0 Å². The van der Waals surface area contributed by atoms with Crippen molar-refractivity contribution in [1.82, 2.24) is 21.1 Å². The molecule has 1 saturated carbocycles. The molecular weight excluding hydrogens is 424 g/mol. The summed E-state index contributed by atoms with van der Waals surface area (Å²) in [6.07, 6.45) is 2.78. The van der Waals surface area contributed by atoms with Crippen molar-refractivity contribution in [2.24, 2.45) is 11.3 Å². The normalized spacial score (nSPS) is 23.2. The van der Waals surface area contributed by atoms with Crippen molar-refractivity contribution in [3.8, 4) is 0 Å². The Morgan fingerprint density at radius 1 is 1.15 bits per heavy atom. The summed E-state index contributed by atoms with van der Waals surface area (Å²) < 4.78 is 5.58. The summed E-state index contributed by atoms with van der Waals surface area (Å²) in [5.41, 5.74) is 4.99. The van der Waals surface area contributed by atoms with Crippen molar-refractivity contribution < 1.29 is 23.6 Å². The van der Waals surface area contributed by atoms with Crippen LogP contribution in [0, 0.1) is 18.3 Å². The van der Waals surface area contributed by atoms with Gasteiger partial charge in [-0.25, -0.2) is 4.79 Å². The number of rotatable bonds is 3. The minimum Gasteiger partial charge on any atom is -0.451 e. The highest BCUT2D eigenvalue weighted by Crippen LogP contribution is 2.43. The van der Waals surface area contributed by atoms with Crippen LogP contribution in [0.1, 0.15) is 62.6 Å². The zero-order valence-corrected chi connectivity index (χ0v) is 19.4. The Bertz CT molecular complexity index is 1120. The number of carbonyl (C=O) groups is 4. The first-order valence-electron chi connectivity index (χ1n) is 11.2. The van der Waals surface area contributed by atoms with Crippen LogP contribution in [0.4, 0.5) is 4.79 Å². The maximum Gasteiger partial charge on any atom is 0.325 e. The van der Waals surface area contributed by atoms with Gasteiger partial charge in [0.05, 0.1) is 0 Å². The summed E-state index contributed by atoms with van der Waals surface area (Å²) in [4.78, 5) is 51.3. The summed E-state index contributed by atoms with van der Waals surface area (Å²) in [5.74, 6) is -1.12. The topological polar surface area (TPSA) is 121 Å². The molecule has 0 radical (unpaired) electrons. The lowest BCUT2D eigenvalue weighted by atomic mass is 9.67. The number of urea groups is 1. The zero-order chi connectivity index (χ0) is 24.0. The minimum absolute atomic E-state index is 0.0843. The molecule has 4 rings (SSSR count). The van der Waals surface area contributed by atoms with Crippen LogP contribution in [-0.4, -0.2) is 40.7 Å². The summed E-state index contributed by atoms with van der Waals surface area (Å²) >= 11 is 0. The van der Waals surface area contributed by atoms with Gasteiger partial charge >= 0.3 is 11.9 Å². The predicted molar refractivity (Wildman–Crippen MR) is 121 cm³/mol. The molecule has 2 heterocycles. The van der Waals surface area contributed by atoms with Gasteiger partial charge in [0.15, 0.2) is 5.76 Å². The van der Waals surface area contributed by atoms with E-state index in [2.05, 4.69) is 36.9 Å². The van der Waals surface area contributed by atoms with Crippen LogP contribution < -0.4 is 16.2 Å². The van der Waals surface area contributed by atoms with Crippen LogP contribution in [0.5, 0.6) is 0 Å². The van der Waals surface area contributed by atoms with Gasteiger partial charge in [-0.3, -0.25) is 30.1 Å². The van der Waals surface area contributed by atoms with E-state index in [0.29, 0.717) is 29.9 Å². The van der Waals surface area contributed by atoms with Gasteiger partial charge in [0.2, 0.25) is 0 Å². The summed E-state index contributed by atoms with van der Waals surface area (Å²) in [6.45, 7) is 7.83.